The van der Waals surface area contributed by atoms with Crippen LogP contribution in [-0.2, 0) is 0 Å². The van der Waals surface area contributed by atoms with E-state index in [1.807, 2.05) is 0 Å². The molecule has 1 aromatic heterocycles. The molecule has 2 N–H and O–H groups in total. The predicted molar refractivity (Wildman–Crippen MR) is 65.1 cm³/mol. The Kier molecular flexibility index (Phi) is 3.96. The molecule has 0 aromatic carbocycles. The van der Waals surface area contributed by atoms with E-state index in [0.29, 0.717) is 18.5 Å². The van der Waals surface area contributed by atoms with E-state index in [1.165, 1.54) is 10.6 Å². The van der Waals surface area contributed by atoms with Gasteiger partial charge in [0.2, 0.25) is 0 Å². The van der Waals surface area contributed by atoms with Gasteiger partial charge in [0, 0.05) is 19.6 Å². The maximum Gasteiger partial charge on any atom is 0.0938 e. The van der Waals surface area contributed by atoms with Crippen molar-refractivity contribution < 1.29 is 0 Å². The highest BCUT2D eigenvalue weighted by molar-refractivity contribution is 7.14. The molecule has 0 radical (unpaired) electrons. The first-order valence-electron chi connectivity index (χ1n) is 5.05. The summed E-state index contributed by atoms with van der Waals surface area (Å²) < 4.78 is 0. The van der Waals surface area contributed by atoms with Crippen molar-refractivity contribution >= 4 is 16.3 Å². The van der Waals surface area contributed by atoms with Crippen LogP contribution in [0.15, 0.2) is 11.4 Å². The zero-order valence-corrected chi connectivity index (χ0v) is 10.3. The fourth-order valence-electron chi connectivity index (χ4n) is 1.75. The minimum Gasteiger partial charge on any atom is -0.362 e. The van der Waals surface area contributed by atoms with Crippen molar-refractivity contribution in [3.8, 4) is 0 Å². The van der Waals surface area contributed by atoms with E-state index in [0.717, 1.165) is 0 Å². The van der Waals surface area contributed by atoms with Crippen molar-refractivity contribution in [2.24, 2.45) is 11.7 Å². The van der Waals surface area contributed by atoms with Crippen LogP contribution in [0.5, 0.6) is 0 Å². The van der Waals surface area contributed by atoms with E-state index in [9.17, 15) is 0 Å². The third-order valence-electron chi connectivity index (χ3n) is 2.66. The third-order valence-corrected chi connectivity index (χ3v) is 3.77. The number of anilines is 1. The zero-order valence-electron chi connectivity index (χ0n) is 9.45. The summed E-state index contributed by atoms with van der Waals surface area (Å²) in [4.78, 5) is 2.31. The van der Waals surface area contributed by atoms with Crippen molar-refractivity contribution in [3.63, 3.8) is 0 Å². The van der Waals surface area contributed by atoms with Gasteiger partial charge in [-0.2, -0.15) is 0 Å². The zero-order chi connectivity index (χ0) is 10.7. The molecule has 0 aliphatic carbocycles. The van der Waals surface area contributed by atoms with E-state index >= 15 is 0 Å². The highest BCUT2D eigenvalue weighted by Gasteiger charge is 2.19. The summed E-state index contributed by atoms with van der Waals surface area (Å²) in [6.45, 7) is 7.30. The molecule has 1 atom stereocenters. The van der Waals surface area contributed by atoms with Gasteiger partial charge in [-0.15, -0.1) is 11.3 Å². The molecular weight excluding hydrogens is 192 g/mol. The Morgan fingerprint density at radius 3 is 2.50 bits per heavy atom. The Labute approximate surface area is 90.7 Å². The molecule has 1 unspecified atom stereocenters. The lowest BCUT2D eigenvalue weighted by Gasteiger charge is -2.31. The number of nitrogens with zero attached hydrogens (tertiary/aromatic N) is 1. The van der Waals surface area contributed by atoms with Crippen LogP contribution >= 0.6 is 11.3 Å². The van der Waals surface area contributed by atoms with Gasteiger partial charge in [-0.25, -0.2) is 0 Å². The van der Waals surface area contributed by atoms with Gasteiger partial charge in [0.1, 0.15) is 0 Å². The second kappa shape index (κ2) is 4.80. The van der Waals surface area contributed by atoms with Crippen molar-refractivity contribution in [3.05, 3.63) is 17.0 Å². The molecule has 3 heteroatoms. The van der Waals surface area contributed by atoms with Crippen LogP contribution in [0.3, 0.4) is 0 Å². The average molecular weight is 212 g/mol. The molecule has 14 heavy (non-hydrogen) atoms. The highest BCUT2D eigenvalue weighted by Crippen LogP contribution is 2.28. The average Bonchev–Trinajstić information content (AvgIpc) is 2.51. The summed E-state index contributed by atoms with van der Waals surface area (Å²) in [6.07, 6.45) is 0. The molecule has 80 valence electrons. The maximum absolute atomic E-state index is 5.79. The number of hydrogen-bond donors (Lipinski definition) is 1. The van der Waals surface area contributed by atoms with Gasteiger partial charge in [0.25, 0.3) is 0 Å². The number of aryl methyl sites for hydroxylation is 1. The van der Waals surface area contributed by atoms with Crippen molar-refractivity contribution in [1.82, 2.24) is 0 Å². The molecule has 0 amide bonds. The topological polar surface area (TPSA) is 29.3 Å². The smallest absolute Gasteiger partial charge is 0.0938 e. The lowest BCUT2D eigenvalue weighted by molar-refractivity contribution is 0.481. The van der Waals surface area contributed by atoms with Crippen molar-refractivity contribution in [1.29, 1.82) is 0 Å². The van der Waals surface area contributed by atoms with Gasteiger partial charge in [-0.05, 0) is 29.9 Å². The number of nitrogens with two attached hydrogens (primary N) is 1. The fraction of sp³-hybridized carbons (Fsp3) is 0.636. The molecule has 0 fully saturated rings. The van der Waals surface area contributed by atoms with E-state index < -0.39 is 0 Å². The fourth-order valence-corrected chi connectivity index (χ4v) is 2.71. The molecule has 1 aromatic rings. The quantitative estimate of drug-likeness (QED) is 0.831. The van der Waals surface area contributed by atoms with E-state index in [2.05, 4.69) is 44.2 Å². The molecule has 0 saturated heterocycles. The summed E-state index contributed by atoms with van der Waals surface area (Å²) in [7, 11) is 2.14. The van der Waals surface area contributed by atoms with Crippen LogP contribution in [0.4, 0.5) is 5.00 Å². The Morgan fingerprint density at radius 1 is 1.50 bits per heavy atom. The van der Waals surface area contributed by atoms with Gasteiger partial charge in [0.05, 0.1) is 5.00 Å². The summed E-state index contributed by atoms with van der Waals surface area (Å²) in [5, 5.41) is 3.48. The lowest BCUT2D eigenvalue weighted by atomic mass is 10.0. The van der Waals surface area contributed by atoms with Crippen molar-refractivity contribution in [2.75, 3.05) is 18.5 Å². The predicted octanol–water partition coefficient (Wildman–Crippen LogP) is 2.48. The highest BCUT2D eigenvalue weighted by atomic mass is 32.1. The summed E-state index contributed by atoms with van der Waals surface area (Å²) in [6, 6.07) is 2.59. The Bertz CT molecular complexity index is 281. The summed E-state index contributed by atoms with van der Waals surface area (Å²) in [5.41, 5.74) is 7.14. The minimum absolute atomic E-state index is 0.437. The van der Waals surface area contributed by atoms with Crippen LogP contribution in [0.1, 0.15) is 19.4 Å². The lowest BCUT2D eigenvalue weighted by Crippen LogP contribution is -2.41. The van der Waals surface area contributed by atoms with Crippen LogP contribution < -0.4 is 10.6 Å². The van der Waals surface area contributed by atoms with Gasteiger partial charge < -0.3 is 10.6 Å². The second-order valence-corrected chi connectivity index (χ2v) is 4.96. The number of likely N-dealkylation sites (N-methyl/N-ethyl adjacent to an activating group) is 1. The minimum atomic E-state index is 0.437. The first-order valence-corrected chi connectivity index (χ1v) is 5.93. The number of hydrogen-bond acceptors (Lipinski definition) is 3. The molecule has 0 bridgehead atoms. The molecule has 2 nitrogen and oxygen atoms in total. The van der Waals surface area contributed by atoms with Crippen LogP contribution in [0, 0.1) is 12.8 Å². The first kappa shape index (κ1) is 11.5. The van der Waals surface area contributed by atoms with Gasteiger partial charge in [0.15, 0.2) is 0 Å². The van der Waals surface area contributed by atoms with Gasteiger partial charge in [-0.3, -0.25) is 0 Å². The maximum atomic E-state index is 5.79. The molecule has 0 spiro atoms. The summed E-state index contributed by atoms with van der Waals surface area (Å²) >= 11 is 1.79. The van der Waals surface area contributed by atoms with E-state index in [1.54, 1.807) is 11.3 Å². The number of rotatable bonds is 4. The van der Waals surface area contributed by atoms with Crippen molar-refractivity contribution in [2.45, 2.75) is 26.8 Å². The normalized spacial score (nSPS) is 13.3. The van der Waals surface area contributed by atoms with E-state index in [-0.39, 0.29) is 0 Å². The van der Waals surface area contributed by atoms with Crippen LogP contribution in [-0.4, -0.2) is 19.6 Å². The molecule has 0 aliphatic heterocycles. The monoisotopic (exact) mass is 212 g/mol. The largest absolute Gasteiger partial charge is 0.362 e. The molecule has 1 heterocycles. The molecule has 1 rings (SSSR count). The Balaban J connectivity index is 2.83. The SMILES string of the molecule is Cc1ccsc1N(C)C(CN)C(C)C. The molecule has 0 saturated carbocycles. The third kappa shape index (κ3) is 2.28. The summed E-state index contributed by atoms with van der Waals surface area (Å²) in [5.74, 6) is 0.589. The van der Waals surface area contributed by atoms with Crippen LogP contribution in [0.25, 0.3) is 0 Å². The van der Waals surface area contributed by atoms with Crippen LogP contribution in [0.2, 0.25) is 0 Å². The standard InChI is InChI=1S/C11H20N2S/c1-8(2)10(7-12)13(4)11-9(3)5-6-14-11/h5-6,8,10H,7,12H2,1-4H3. The second-order valence-electron chi connectivity index (χ2n) is 4.07. The number of thiophene rings is 1. The Hall–Kier alpha value is -0.540. The Morgan fingerprint density at radius 2 is 2.14 bits per heavy atom. The molecular formula is C11H20N2S. The van der Waals surface area contributed by atoms with Gasteiger partial charge >= 0.3 is 0 Å². The molecule has 0 aliphatic rings. The van der Waals surface area contributed by atoms with Gasteiger partial charge in [-0.1, -0.05) is 13.8 Å². The first-order chi connectivity index (χ1) is 6.57. The van der Waals surface area contributed by atoms with E-state index in [4.69, 9.17) is 5.73 Å².